The zero-order valence-electron chi connectivity index (χ0n) is 25.3. The molecule has 0 spiro atoms. The molecule has 0 saturated heterocycles. The average Bonchev–Trinajstić information content (AvgIpc) is 3.86. The van der Waals surface area contributed by atoms with Crippen LogP contribution in [-0.2, 0) is 12.4 Å². The first-order valence-electron chi connectivity index (χ1n) is 14.3. The van der Waals surface area contributed by atoms with Gasteiger partial charge in [0.1, 0.15) is 9.75 Å². The number of hydrogen-bond acceptors (Lipinski definition) is 6. The van der Waals surface area contributed by atoms with E-state index in [0.29, 0.717) is 38.5 Å². The highest BCUT2D eigenvalue weighted by atomic mass is 32.1. The fourth-order valence-electron chi connectivity index (χ4n) is 5.55. The largest absolute Gasteiger partial charge is 0.425 e. The molecular formula is C33H16F12S6. The van der Waals surface area contributed by atoms with Gasteiger partial charge in [-0.2, -0.15) is 52.7 Å². The van der Waals surface area contributed by atoms with Crippen molar-refractivity contribution < 1.29 is 52.7 Å². The Labute approximate surface area is 304 Å². The lowest BCUT2D eigenvalue weighted by atomic mass is 9.94. The Hall–Kier alpha value is -2.90. The van der Waals surface area contributed by atoms with Gasteiger partial charge in [0, 0.05) is 61.3 Å². The SMILES string of the molecule is Cc1ccc(-c2cc(C3=C(c4cc(-c5ccc(C(F)(F)F)s5)sc4-c4ccc(C)s4)C(F)(F)C(F)(F)C3(F)F)c(-c3ccc(C(F)(F)F)s3)s2)s1. The van der Waals surface area contributed by atoms with Gasteiger partial charge in [-0.1, -0.05) is 0 Å². The molecule has 0 amide bonds. The van der Waals surface area contributed by atoms with Gasteiger partial charge in [0.15, 0.2) is 0 Å². The Morgan fingerprint density at radius 3 is 1.18 bits per heavy atom. The summed E-state index contributed by atoms with van der Waals surface area (Å²) in [6.07, 6.45) is -9.60. The summed E-state index contributed by atoms with van der Waals surface area (Å²) >= 11 is 3.98. The van der Waals surface area contributed by atoms with Crippen molar-refractivity contribution in [3.05, 3.63) is 91.3 Å². The number of hydrogen-bond donors (Lipinski definition) is 0. The minimum atomic E-state index is -6.01. The highest BCUT2D eigenvalue weighted by Crippen LogP contribution is 2.68. The molecule has 268 valence electrons. The number of rotatable bonds is 6. The first-order valence-corrected chi connectivity index (χ1v) is 19.2. The van der Waals surface area contributed by atoms with Crippen LogP contribution < -0.4 is 0 Å². The predicted molar refractivity (Wildman–Crippen MR) is 183 cm³/mol. The molecule has 0 N–H and O–H groups in total. The maximum atomic E-state index is 16.2. The van der Waals surface area contributed by atoms with Crippen LogP contribution in [0.4, 0.5) is 52.7 Å². The Kier molecular flexibility index (Phi) is 8.62. The minimum absolute atomic E-state index is 0.0684. The lowest BCUT2D eigenvalue weighted by Crippen LogP contribution is -2.48. The summed E-state index contributed by atoms with van der Waals surface area (Å²) in [5.74, 6) is -17.1. The predicted octanol–water partition coefficient (Wildman–Crippen LogP) is 15.2. The molecule has 0 radical (unpaired) electrons. The number of halogens is 12. The van der Waals surface area contributed by atoms with Crippen LogP contribution in [0.2, 0.25) is 0 Å². The van der Waals surface area contributed by atoms with Crippen LogP contribution in [0.3, 0.4) is 0 Å². The van der Waals surface area contributed by atoms with Gasteiger partial charge in [0.2, 0.25) is 0 Å². The quantitative estimate of drug-likeness (QED) is 0.147. The van der Waals surface area contributed by atoms with Gasteiger partial charge in [0.25, 0.3) is 0 Å². The fourth-order valence-corrected chi connectivity index (χ4v) is 11.8. The van der Waals surface area contributed by atoms with Gasteiger partial charge in [-0.25, -0.2) is 0 Å². The number of alkyl halides is 12. The number of allylic oxidation sites excluding steroid dienone is 2. The van der Waals surface area contributed by atoms with E-state index in [1.807, 2.05) is 0 Å². The van der Waals surface area contributed by atoms with E-state index in [1.165, 1.54) is 17.4 Å². The second-order valence-corrected chi connectivity index (χ2v) is 18.2. The lowest BCUT2D eigenvalue weighted by Gasteiger charge is -2.25. The molecule has 0 atom stereocenters. The van der Waals surface area contributed by atoms with Crippen LogP contribution in [-0.4, -0.2) is 17.8 Å². The maximum absolute atomic E-state index is 16.2. The molecule has 0 saturated carbocycles. The van der Waals surface area contributed by atoms with Crippen molar-refractivity contribution in [2.24, 2.45) is 0 Å². The van der Waals surface area contributed by atoms with Gasteiger partial charge in [-0.15, -0.1) is 68.0 Å². The van der Waals surface area contributed by atoms with Crippen LogP contribution >= 0.6 is 68.0 Å². The minimum Gasteiger partial charge on any atom is -0.194 e. The molecule has 0 aliphatic heterocycles. The molecule has 0 aromatic carbocycles. The van der Waals surface area contributed by atoms with Crippen LogP contribution in [0, 0.1) is 13.8 Å². The molecule has 6 heterocycles. The summed E-state index contributed by atoms with van der Waals surface area (Å²) in [5.41, 5.74) is -5.08. The van der Waals surface area contributed by atoms with Crippen LogP contribution in [0.5, 0.6) is 0 Å². The molecule has 6 aromatic rings. The van der Waals surface area contributed by atoms with Crippen LogP contribution in [0.15, 0.2) is 60.7 Å². The molecule has 7 rings (SSSR count). The Bertz CT molecular complexity index is 2310. The zero-order valence-corrected chi connectivity index (χ0v) is 30.2. The third-order valence-electron chi connectivity index (χ3n) is 7.85. The van der Waals surface area contributed by atoms with Crippen LogP contribution in [0.25, 0.3) is 50.2 Å². The van der Waals surface area contributed by atoms with Gasteiger partial charge >= 0.3 is 30.1 Å². The second-order valence-electron chi connectivity index (χ2n) is 11.3. The second kappa shape index (κ2) is 12.1. The maximum Gasteiger partial charge on any atom is 0.425 e. The van der Waals surface area contributed by atoms with E-state index in [9.17, 15) is 26.3 Å². The molecule has 0 bridgehead atoms. The highest BCUT2D eigenvalue weighted by Gasteiger charge is 2.80. The summed E-state index contributed by atoms with van der Waals surface area (Å²) in [6.45, 7) is 3.37. The first kappa shape index (κ1) is 36.5. The molecule has 51 heavy (non-hydrogen) atoms. The molecule has 1 aliphatic carbocycles. The van der Waals surface area contributed by atoms with E-state index in [0.717, 1.165) is 46.5 Å². The summed E-state index contributed by atoms with van der Waals surface area (Å²) in [5, 5.41) is 0. The van der Waals surface area contributed by atoms with Gasteiger partial charge < -0.3 is 0 Å². The van der Waals surface area contributed by atoms with Crippen molar-refractivity contribution in [2.45, 2.75) is 44.0 Å². The van der Waals surface area contributed by atoms with Crippen LogP contribution in [0.1, 0.15) is 30.6 Å². The van der Waals surface area contributed by atoms with Crippen molar-refractivity contribution in [1.29, 1.82) is 0 Å². The monoisotopic (exact) mass is 832 g/mol. The Morgan fingerprint density at radius 1 is 0.431 bits per heavy atom. The normalized spacial score (nSPS) is 17.2. The van der Waals surface area contributed by atoms with Crippen molar-refractivity contribution >= 4 is 79.2 Å². The van der Waals surface area contributed by atoms with Gasteiger partial charge in [-0.05, 0) is 74.5 Å². The van der Waals surface area contributed by atoms with E-state index < -0.39 is 62.1 Å². The van der Waals surface area contributed by atoms with Crippen molar-refractivity contribution in [3.63, 3.8) is 0 Å². The third-order valence-corrected chi connectivity index (χ3v) is 15.1. The Morgan fingerprint density at radius 2 is 0.784 bits per heavy atom. The summed E-state index contributed by atoms with van der Waals surface area (Å²) in [6, 6.07) is 11.7. The number of thiophene rings is 6. The molecule has 6 aromatic heterocycles. The smallest absolute Gasteiger partial charge is 0.194 e. The first-order chi connectivity index (χ1) is 23.6. The fraction of sp³-hybridized carbons (Fsp3) is 0.212. The Balaban J connectivity index is 1.56. The summed E-state index contributed by atoms with van der Waals surface area (Å²) in [7, 11) is 0. The topological polar surface area (TPSA) is 0 Å². The number of aryl methyl sites for hydroxylation is 2. The van der Waals surface area contributed by atoms with E-state index >= 15 is 26.3 Å². The third kappa shape index (κ3) is 5.93. The molecule has 0 fully saturated rings. The van der Waals surface area contributed by atoms with Crippen molar-refractivity contribution in [1.82, 2.24) is 0 Å². The van der Waals surface area contributed by atoms with E-state index in [4.69, 9.17) is 0 Å². The molecular weight excluding hydrogens is 817 g/mol. The van der Waals surface area contributed by atoms with E-state index in [-0.39, 0.29) is 56.8 Å². The molecule has 0 unspecified atom stereocenters. The molecule has 1 aliphatic rings. The van der Waals surface area contributed by atoms with Gasteiger partial charge in [0.05, 0.1) is 9.75 Å². The van der Waals surface area contributed by atoms with E-state index in [1.54, 1.807) is 32.0 Å². The zero-order chi connectivity index (χ0) is 37.1. The molecule has 0 nitrogen and oxygen atoms in total. The van der Waals surface area contributed by atoms with Crippen molar-refractivity contribution in [2.75, 3.05) is 0 Å². The highest BCUT2D eigenvalue weighted by molar-refractivity contribution is 7.27. The molecule has 18 heteroatoms. The van der Waals surface area contributed by atoms with Gasteiger partial charge in [-0.3, -0.25) is 0 Å². The van der Waals surface area contributed by atoms with E-state index in [2.05, 4.69) is 0 Å². The lowest BCUT2D eigenvalue weighted by molar-refractivity contribution is -0.254. The average molecular weight is 833 g/mol. The van der Waals surface area contributed by atoms with Crippen molar-refractivity contribution in [3.8, 4) is 39.0 Å². The standard InChI is InChI=1S/C33H16F12S6/c1-13-3-5-17(46-13)21-11-16(28(50-21)20-8-10-24(49-20)32(41,42)43)26-25(29(34,35)33(44,45)30(26,36)37)15-12-22(18-7-9-23(48-18)31(38,39)40)51-27(15)19-6-4-14(2)47-19/h3-12H,1-2H3. The summed E-state index contributed by atoms with van der Waals surface area (Å²) in [4.78, 5) is -0.864. The summed E-state index contributed by atoms with van der Waals surface area (Å²) < 4.78 is 178.